The summed E-state index contributed by atoms with van der Waals surface area (Å²) in [7, 11) is 2.87. The summed E-state index contributed by atoms with van der Waals surface area (Å²) >= 11 is 0. The molecule has 0 bridgehead atoms. The third-order valence-electron chi connectivity index (χ3n) is 9.02. The molecule has 3 nitrogen and oxygen atoms in total. The van der Waals surface area contributed by atoms with E-state index in [0.717, 1.165) is 24.3 Å². The Bertz CT molecular complexity index is 1400. The highest BCUT2D eigenvalue weighted by atomic mass is 31.2. The van der Waals surface area contributed by atoms with Crippen LogP contribution in [0.25, 0.3) is 21.5 Å². The third kappa shape index (κ3) is 2.30. The van der Waals surface area contributed by atoms with Crippen molar-refractivity contribution in [3.8, 4) is 11.5 Å². The van der Waals surface area contributed by atoms with Gasteiger partial charge in [-0.15, -0.1) is 0 Å². The Morgan fingerprint density at radius 3 is 1.76 bits per heavy atom. The average molecular weight is 466 g/mol. The van der Waals surface area contributed by atoms with Crippen LogP contribution in [0.4, 0.5) is 0 Å². The van der Waals surface area contributed by atoms with Crippen LogP contribution in [0.15, 0.2) is 60.7 Å². The summed E-state index contributed by atoms with van der Waals surface area (Å²) in [4.78, 5) is 0. The van der Waals surface area contributed by atoms with Gasteiger partial charge in [0, 0.05) is 16.5 Å². The van der Waals surface area contributed by atoms with Crippen molar-refractivity contribution < 1.29 is 9.05 Å². The molecule has 0 amide bonds. The largest absolute Gasteiger partial charge is 0.427 e. The number of hydrogen-bond acceptors (Lipinski definition) is 3. The second kappa shape index (κ2) is 6.74. The van der Waals surface area contributed by atoms with E-state index in [1.807, 2.05) is 0 Å². The second-order valence-corrected chi connectivity index (χ2v) is 12.4. The minimum Gasteiger partial charge on any atom is -0.427 e. The van der Waals surface area contributed by atoms with Crippen molar-refractivity contribution in [3.05, 3.63) is 82.9 Å². The molecule has 0 unspecified atom stereocenters. The van der Waals surface area contributed by atoms with Gasteiger partial charge in [0.2, 0.25) is 0 Å². The zero-order chi connectivity index (χ0) is 22.6. The predicted molar refractivity (Wildman–Crippen MR) is 139 cm³/mol. The lowest BCUT2D eigenvalue weighted by atomic mass is 9.47. The molecule has 3 aliphatic carbocycles. The molecular formula is C30H28NO2P. The van der Waals surface area contributed by atoms with Gasteiger partial charge in [-0.2, -0.15) is 0 Å². The summed E-state index contributed by atoms with van der Waals surface area (Å²) in [5.41, 5.74) is 5.86. The summed E-state index contributed by atoms with van der Waals surface area (Å²) in [6.07, 6.45) is 6.13. The molecule has 0 aromatic heterocycles. The van der Waals surface area contributed by atoms with Crippen molar-refractivity contribution in [3.63, 3.8) is 0 Å². The smallest absolute Gasteiger partial charge is 0.384 e. The van der Waals surface area contributed by atoms with Crippen LogP contribution < -0.4 is 9.05 Å². The Kier molecular flexibility index (Phi) is 3.90. The van der Waals surface area contributed by atoms with Crippen LogP contribution in [0.2, 0.25) is 0 Å². The number of rotatable bonds is 1. The predicted octanol–water partition coefficient (Wildman–Crippen LogP) is 7.37. The highest BCUT2D eigenvalue weighted by Crippen LogP contribution is 2.67. The molecule has 1 heterocycles. The van der Waals surface area contributed by atoms with E-state index in [-0.39, 0.29) is 5.41 Å². The van der Waals surface area contributed by atoms with Crippen LogP contribution in [0, 0.1) is 11.8 Å². The van der Waals surface area contributed by atoms with Crippen molar-refractivity contribution in [2.75, 3.05) is 14.1 Å². The van der Waals surface area contributed by atoms with Crippen molar-refractivity contribution in [1.29, 1.82) is 0 Å². The summed E-state index contributed by atoms with van der Waals surface area (Å²) in [5, 5.41) is 5.59. The highest BCUT2D eigenvalue weighted by molar-refractivity contribution is 7.45. The van der Waals surface area contributed by atoms with Gasteiger partial charge in [0.15, 0.2) is 0 Å². The van der Waals surface area contributed by atoms with Gasteiger partial charge in [0.1, 0.15) is 11.5 Å². The zero-order valence-corrected chi connectivity index (χ0v) is 20.6. The van der Waals surface area contributed by atoms with E-state index >= 15 is 0 Å². The second-order valence-electron chi connectivity index (χ2n) is 10.8. The molecule has 0 radical (unpaired) electrons. The molecule has 4 aromatic rings. The lowest BCUT2D eigenvalue weighted by Crippen LogP contribution is -2.52. The molecule has 0 saturated heterocycles. The first-order chi connectivity index (χ1) is 16.7. The van der Waals surface area contributed by atoms with Crippen LogP contribution in [-0.4, -0.2) is 18.8 Å². The van der Waals surface area contributed by atoms with E-state index in [0.29, 0.717) is 11.8 Å². The molecule has 4 aliphatic rings. The van der Waals surface area contributed by atoms with Gasteiger partial charge < -0.3 is 9.05 Å². The maximum absolute atomic E-state index is 6.82. The third-order valence-corrected chi connectivity index (χ3v) is 10.4. The fourth-order valence-corrected chi connectivity index (χ4v) is 8.94. The first-order valence-corrected chi connectivity index (χ1v) is 13.7. The maximum Gasteiger partial charge on any atom is 0.384 e. The Morgan fingerprint density at radius 2 is 1.26 bits per heavy atom. The Balaban J connectivity index is 1.61. The minimum absolute atomic E-state index is 0.0572. The topological polar surface area (TPSA) is 21.7 Å². The molecule has 1 spiro atoms. The van der Waals surface area contributed by atoms with E-state index in [4.69, 9.17) is 9.05 Å². The van der Waals surface area contributed by atoms with E-state index in [1.54, 1.807) is 0 Å². The van der Waals surface area contributed by atoms with Crippen LogP contribution in [0.3, 0.4) is 0 Å². The summed E-state index contributed by atoms with van der Waals surface area (Å²) < 4.78 is 15.7. The van der Waals surface area contributed by atoms with Gasteiger partial charge in [-0.05, 0) is 96.4 Å². The number of nitrogens with zero attached hydrogens (tertiary/aromatic N) is 1. The molecule has 170 valence electrons. The lowest BCUT2D eigenvalue weighted by molar-refractivity contribution is 0.128. The van der Waals surface area contributed by atoms with Gasteiger partial charge in [0.25, 0.3) is 0 Å². The first kappa shape index (κ1) is 19.7. The van der Waals surface area contributed by atoms with Crippen molar-refractivity contribution in [1.82, 2.24) is 4.67 Å². The zero-order valence-electron chi connectivity index (χ0n) is 19.7. The summed E-state index contributed by atoms with van der Waals surface area (Å²) in [5.74, 6) is 3.22. The van der Waals surface area contributed by atoms with Crippen LogP contribution in [-0.2, 0) is 18.3 Å². The number of hydrogen-bond donors (Lipinski definition) is 0. The molecule has 4 aromatic carbocycles. The fraction of sp³-hybridized carbons (Fsp3) is 0.333. The van der Waals surface area contributed by atoms with E-state index in [1.165, 1.54) is 63.1 Å². The Morgan fingerprint density at radius 1 is 0.735 bits per heavy atom. The molecule has 0 N–H and O–H groups in total. The van der Waals surface area contributed by atoms with Gasteiger partial charge in [-0.25, -0.2) is 4.67 Å². The van der Waals surface area contributed by atoms with Gasteiger partial charge in [-0.1, -0.05) is 55.0 Å². The van der Waals surface area contributed by atoms with Gasteiger partial charge >= 0.3 is 8.53 Å². The molecule has 1 fully saturated rings. The van der Waals surface area contributed by atoms with Crippen molar-refractivity contribution in [2.24, 2.45) is 11.8 Å². The Hall–Kier alpha value is -2.61. The maximum atomic E-state index is 6.82. The monoisotopic (exact) mass is 465 g/mol. The van der Waals surface area contributed by atoms with E-state index in [2.05, 4.69) is 79.4 Å². The molecule has 34 heavy (non-hydrogen) atoms. The van der Waals surface area contributed by atoms with Crippen LogP contribution in [0.5, 0.6) is 11.5 Å². The van der Waals surface area contributed by atoms with Crippen molar-refractivity contribution >= 4 is 30.1 Å². The van der Waals surface area contributed by atoms with Gasteiger partial charge in [0.05, 0.1) is 0 Å². The molecule has 8 rings (SSSR count). The molecule has 1 saturated carbocycles. The quantitative estimate of drug-likeness (QED) is 0.274. The van der Waals surface area contributed by atoms with E-state index in [9.17, 15) is 0 Å². The van der Waals surface area contributed by atoms with Crippen LogP contribution >= 0.6 is 8.53 Å². The highest BCUT2D eigenvalue weighted by Gasteiger charge is 2.58. The standard InChI is InChI=1S/C30H28NO2P/c1-31(2)34-32-24-14-12-18-6-3-8-20-16-22-10-5-11-23-17-21-9-4-7-19-13-15-25(33-34)29(27(19)21)30(22,23)28(24)26(18)20/h3-4,6-9,12-15,22-23H,5,10-11,16-17H2,1-2H3/t22-,23-,30?/m1/s1. The molecule has 1 aliphatic heterocycles. The van der Waals surface area contributed by atoms with Crippen LogP contribution in [0.1, 0.15) is 41.5 Å². The summed E-state index contributed by atoms with van der Waals surface area (Å²) in [6.45, 7) is 0. The normalized spacial score (nSPS) is 28.3. The SMILES string of the molecule is CN(C)P1Oc2ccc3cccc4c3c2C23c5c(ccc6cccc(c56)C[C@H]2CCC[C@@H]3C4)O1. The number of benzene rings is 4. The first-order valence-electron chi connectivity index (χ1n) is 12.6. The van der Waals surface area contributed by atoms with E-state index < -0.39 is 8.53 Å². The Labute approximate surface area is 201 Å². The lowest BCUT2D eigenvalue weighted by Gasteiger charge is -2.57. The summed E-state index contributed by atoms with van der Waals surface area (Å²) in [6, 6.07) is 22.8. The molecular weight excluding hydrogens is 437 g/mol. The molecule has 2 atom stereocenters. The van der Waals surface area contributed by atoms with Crippen molar-refractivity contribution in [2.45, 2.75) is 37.5 Å². The van der Waals surface area contributed by atoms with Gasteiger partial charge in [-0.3, -0.25) is 0 Å². The average Bonchev–Trinajstić information content (AvgIpc) is 2.84. The fourth-order valence-electron chi connectivity index (χ4n) is 7.93. The molecule has 4 heteroatoms. The minimum atomic E-state index is -1.25.